The number of benzene rings is 2. The number of hydrogen-bond donors (Lipinski definition) is 3. The Labute approximate surface area is 417 Å². The average Bonchev–Trinajstić information content (AvgIpc) is 3.72. The van der Waals surface area contributed by atoms with Crippen LogP contribution in [-0.2, 0) is 32.9 Å². The summed E-state index contributed by atoms with van der Waals surface area (Å²) in [5.74, 6) is 0.450. The van der Waals surface area contributed by atoms with E-state index in [1.165, 1.54) is 0 Å². The number of ether oxygens (including phenoxy) is 6. The Kier molecular flexibility index (Phi) is 18.5. The third-order valence-electron chi connectivity index (χ3n) is 13.8. The van der Waals surface area contributed by atoms with E-state index in [-0.39, 0.29) is 73.0 Å². The molecule has 0 spiro atoms. The maximum absolute atomic E-state index is 14.0. The van der Waals surface area contributed by atoms with E-state index in [0.29, 0.717) is 88.2 Å². The zero-order chi connectivity index (χ0) is 51.5. The minimum Gasteiger partial charge on any atom is -0.461 e. The fourth-order valence-electron chi connectivity index (χ4n) is 8.52. The van der Waals surface area contributed by atoms with E-state index < -0.39 is 20.6 Å². The van der Waals surface area contributed by atoms with Crippen LogP contribution in [0, 0.1) is 19.8 Å². The van der Waals surface area contributed by atoms with Gasteiger partial charge in [0.25, 0.3) is 5.91 Å². The Morgan fingerprint density at radius 3 is 2.30 bits per heavy atom. The number of nitrogens with one attached hydrogen (secondary N) is 3. The van der Waals surface area contributed by atoms with Gasteiger partial charge in [-0.25, -0.2) is 9.59 Å². The molecule has 0 radical (unpaired) electrons. The van der Waals surface area contributed by atoms with Crippen molar-refractivity contribution >= 4 is 32.1 Å². The maximum atomic E-state index is 14.0. The normalized spacial score (nSPS) is 22.5. The van der Waals surface area contributed by atoms with Crippen molar-refractivity contribution in [1.29, 1.82) is 0 Å². The summed E-state index contributed by atoms with van der Waals surface area (Å²) in [6, 6.07) is 11.4. The predicted molar refractivity (Wildman–Crippen MR) is 270 cm³/mol. The van der Waals surface area contributed by atoms with Crippen LogP contribution in [0.4, 0.5) is 9.59 Å². The topological polar surface area (TPSA) is 175 Å². The molecule has 2 aromatic carbocycles. The lowest BCUT2D eigenvalue weighted by atomic mass is 9.73. The van der Waals surface area contributed by atoms with E-state index >= 15 is 0 Å². The number of likely N-dealkylation sites (N-methyl/N-ethyl adjacent to an activating group) is 1. The highest BCUT2D eigenvalue weighted by Crippen LogP contribution is 2.49. The molecule has 70 heavy (non-hydrogen) atoms. The van der Waals surface area contributed by atoms with E-state index in [9.17, 15) is 19.2 Å². The quantitative estimate of drug-likeness (QED) is 0.0728. The predicted octanol–water partition coefficient (Wildman–Crippen LogP) is 7.86. The Bertz CT molecular complexity index is 2300. The summed E-state index contributed by atoms with van der Waals surface area (Å²) in [6.07, 6.45) is 5.26. The summed E-state index contributed by atoms with van der Waals surface area (Å²) >= 11 is 0. The molecule has 0 saturated carbocycles. The van der Waals surface area contributed by atoms with Gasteiger partial charge in [0.1, 0.15) is 30.5 Å². The number of nitrogens with zero attached hydrogens (tertiary/aromatic N) is 2. The first-order valence-corrected chi connectivity index (χ1v) is 27.5. The minimum atomic E-state index is -2.07. The molecule has 6 unspecified atom stereocenters. The van der Waals surface area contributed by atoms with Gasteiger partial charge in [-0.3, -0.25) is 19.8 Å². The van der Waals surface area contributed by atoms with Crippen LogP contribution in [0.15, 0.2) is 71.7 Å². The monoisotopic (exact) mass is 989 g/mol. The maximum Gasteiger partial charge on any atom is 0.407 e. The van der Waals surface area contributed by atoms with Gasteiger partial charge in [-0.2, -0.15) is 0 Å². The number of ketones is 1. The van der Waals surface area contributed by atoms with Gasteiger partial charge < -0.3 is 48.4 Å². The molecule has 6 rings (SSSR count). The van der Waals surface area contributed by atoms with Crippen LogP contribution in [0.5, 0.6) is 5.75 Å². The number of aryl methyl sites for hydroxylation is 2. The third-order valence-corrected chi connectivity index (χ3v) is 18.3. The Hall–Kier alpha value is -4.88. The van der Waals surface area contributed by atoms with Crippen LogP contribution in [-0.4, -0.2) is 139 Å². The average molecular weight is 989 g/mol. The molecule has 6 atom stereocenters. The molecule has 1 aliphatic carbocycles. The number of rotatable bonds is 23. The first-order valence-electron chi connectivity index (χ1n) is 25.3. The van der Waals surface area contributed by atoms with E-state index in [4.69, 9.17) is 34.2 Å². The highest BCUT2D eigenvalue weighted by molar-refractivity contribution is 6.74. The highest BCUT2D eigenvalue weighted by Gasteiger charge is 2.46. The summed E-state index contributed by atoms with van der Waals surface area (Å²) in [6.45, 7) is 22.8. The second-order valence-electron chi connectivity index (χ2n) is 20.2. The van der Waals surface area contributed by atoms with Crippen molar-refractivity contribution in [3.63, 3.8) is 0 Å². The molecule has 384 valence electrons. The van der Waals surface area contributed by atoms with Crippen molar-refractivity contribution in [2.24, 2.45) is 5.92 Å². The zero-order valence-corrected chi connectivity index (χ0v) is 43.9. The molecule has 3 aliphatic heterocycles. The van der Waals surface area contributed by atoms with Crippen molar-refractivity contribution in [2.45, 2.75) is 123 Å². The molecule has 4 amide bonds. The SMILES string of the molecule is [2H]CC1OC(N2C=C(C)C(NCCCOCCOCCOCCCNC(=O)OCCN(C)C(=O)c3ccccc3C3c4cc(C)c(C)cc4OC4=CC(=O)C(C)=CC43)NC2=O)CC1O[Si](C)(C)C(C)(C)C. The van der Waals surface area contributed by atoms with Gasteiger partial charge in [0, 0.05) is 69.8 Å². The summed E-state index contributed by atoms with van der Waals surface area (Å²) in [4.78, 5) is 55.3. The van der Waals surface area contributed by atoms with Crippen LogP contribution in [0.1, 0.15) is 101 Å². The van der Waals surface area contributed by atoms with Crippen LogP contribution in [0.25, 0.3) is 0 Å². The van der Waals surface area contributed by atoms with Gasteiger partial charge in [0.15, 0.2) is 14.1 Å². The highest BCUT2D eigenvalue weighted by atomic mass is 28.4. The summed E-state index contributed by atoms with van der Waals surface area (Å²) < 4.78 is 49.5. The first-order chi connectivity index (χ1) is 33.8. The molecular weight excluding hydrogens is 911 g/mol. The van der Waals surface area contributed by atoms with E-state index in [2.05, 4.69) is 62.8 Å². The van der Waals surface area contributed by atoms with Gasteiger partial charge in [-0.1, -0.05) is 51.1 Å². The number of carbonyl (C=O) groups is 4. The van der Waals surface area contributed by atoms with Crippen LogP contribution >= 0.6 is 0 Å². The molecule has 1 saturated heterocycles. The minimum absolute atomic E-state index is 0.0149. The van der Waals surface area contributed by atoms with Gasteiger partial charge in [-0.15, -0.1) is 0 Å². The lowest BCUT2D eigenvalue weighted by Crippen LogP contribution is -2.56. The fraction of sp³-hybridized carbons (Fsp3) is 0.585. The molecule has 4 aliphatic rings. The number of carbonyl (C=O) groups excluding carboxylic acids is 4. The molecule has 17 heteroatoms. The van der Waals surface area contributed by atoms with Crippen LogP contribution in [0.3, 0.4) is 0 Å². The number of urea groups is 1. The Morgan fingerprint density at radius 1 is 0.929 bits per heavy atom. The third kappa shape index (κ3) is 14.0. The summed E-state index contributed by atoms with van der Waals surface area (Å²) in [5.41, 5.74) is 6.10. The Morgan fingerprint density at radius 2 is 1.60 bits per heavy atom. The number of allylic oxidation sites excluding steroid dienone is 3. The van der Waals surface area contributed by atoms with Crippen molar-refractivity contribution in [3.8, 4) is 5.75 Å². The van der Waals surface area contributed by atoms with Crippen molar-refractivity contribution < 1.29 is 53.4 Å². The fourth-order valence-corrected chi connectivity index (χ4v) is 9.88. The summed E-state index contributed by atoms with van der Waals surface area (Å²) in [7, 11) is -0.387. The molecule has 0 bridgehead atoms. The largest absolute Gasteiger partial charge is 0.461 e. The molecule has 3 heterocycles. The standard InChI is InChI=1S/C53H77N5O11Si/c1-34-28-41-45(30-35(34)2)68-46-31-43(59)36(3)29-42(46)48(41)39-16-12-13-17-40(39)50(60)57(9)20-23-66-52(62)55-19-15-22-64-25-27-65-26-24-63-21-14-18-54-49-37(4)33-58(51(61)56-49)47-32-44(38(5)67-47)69-70(10,11)53(6,7)8/h12-13,16-17,28-31,33,38,42,44,47-49,54H,14-15,18-27,32H2,1-11H3,(H,55,62)(H,56,61)/i5D. The lowest BCUT2D eigenvalue weighted by molar-refractivity contribution is -0.111. The van der Waals surface area contributed by atoms with Gasteiger partial charge in [-0.05, 0) is 112 Å². The van der Waals surface area contributed by atoms with Gasteiger partial charge >= 0.3 is 12.1 Å². The van der Waals surface area contributed by atoms with Crippen molar-refractivity contribution in [1.82, 2.24) is 25.8 Å². The van der Waals surface area contributed by atoms with E-state index in [1.807, 2.05) is 56.5 Å². The molecule has 0 aromatic heterocycles. The molecule has 16 nitrogen and oxygen atoms in total. The number of hydrogen-bond acceptors (Lipinski definition) is 12. The molecule has 3 N–H and O–H groups in total. The number of alkyl carbamates (subject to hydrolysis) is 1. The van der Waals surface area contributed by atoms with E-state index in [1.54, 1.807) is 29.8 Å². The number of amides is 4. The van der Waals surface area contributed by atoms with Crippen molar-refractivity contribution in [2.75, 3.05) is 72.9 Å². The smallest absolute Gasteiger partial charge is 0.407 e. The van der Waals surface area contributed by atoms with Gasteiger partial charge in [0.05, 0.1) is 45.2 Å². The summed E-state index contributed by atoms with van der Waals surface area (Å²) in [5, 5.41) is 9.17. The molecular formula is C53H77N5O11Si. The first kappa shape index (κ1) is 52.9. The van der Waals surface area contributed by atoms with Crippen LogP contribution < -0.4 is 20.7 Å². The molecule has 1 fully saturated rings. The van der Waals surface area contributed by atoms with Crippen LogP contribution in [0.2, 0.25) is 18.1 Å². The second-order valence-corrected chi connectivity index (χ2v) is 24.9. The number of fused-ring (bicyclic) bond motifs is 2. The van der Waals surface area contributed by atoms with Gasteiger partial charge in [0.2, 0.25) is 0 Å². The zero-order valence-electron chi connectivity index (χ0n) is 43.9. The van der Waals surface area contributed by atoms with E-state index in [0.717, 1.165) is 34.2 Å². The van der Waals surface area contributed by atoms with Crippen molar-refractivity contribution in [3.05, 3.63) is 99.5 Å². The molecule has 2 aromatic rings. The lowest BCUT2D eigenvalue weighted by Gasteiger charge is -2.39. The Balaban J connectivity index is 0.790. The second kappa shape index (κ2) is 24.5.